The average Bonchev–Trinajstić information content (AvgIpc) is 2.17. The van der Waals surface area contributed by atoms with Crippen molar-refractivity contribution in [2.45, 2.75) is 37.6 Å². The fourth-order valence-corrected chi connectivity index (χ4v) is 1.08. The summed E-state index contributed by atoms with van der Waals surface area (Å²) in [7, 11) is 0. The van der Waals surface area contributed by atoms with Crippen LogP contribution >= 0.6 is 0 Å². The fraction of sp³-hybridized carbons (Fsp3) is 1.00. The molecule has 0 aromatic carbocycles. The van der Waals surface area contributed by atoms with E-state index in [1.807, 2.05) is 0 Å². The summed E-state index contributed by atoms with van der Waals surface area (Å²) >= 11 is 0. The van der Waals surface area contributed by atoms with E-state index in [-0.39, 0.29) is 0 Å². The molecular weight excluding hydrogens is 152 g/mol. The van der Waals surface area contributed by atoms with Crippen LogP contribution in [0.4, 0.5) is 0 Å². The Labute approximate surface area is 63.8 Å². The van der Waals surface area contributed by atoms with Crippen molar-refractivity contribution < 1.29 is 25.2 Å². The smallest absolute Gasteiger partial charge is 0.184 e. The molecule has 1 heterocycles. The largest absolute Gasteiger partial charge is 0.391 e. The molecule has 1 saturated heterocycles. The maximum Gasteiger partial charge on any atom is 0.184 e. The van der Waals surface area contributed by atoms with E-state index in [0.29, 0.717) is 0 Å². The second-order valence-electron chi connectivity index (χ2n) is 2.71. The van der Waals surface area contributed by atoms with Gasteiger partial charge in [-0.2, -0.15) is 0 Å². The van der Waals surface area contributed by atoms with Gasteiger partial charge in [0.25, 0.3) is 0 Å². The van der Waals surface area contributed by atoms with E-state index in [9.17, 15) is 0 Å². The lowest BCUT2D eigenvalue weighted by Crippen LogP contribution is -2.37. The van der Waals surface area contributed by atoms with E-state index in [4.69, 9.17) is 20.4 Å². The molecule has 5 heteroatoms. The highest BCUT2D eigenvalue weighted by Gasteiger charge is 2.43. The SMILES string of the molecule is CC(O)C1OC(O)C(O)C1O. The Morgan fingerprint density at radius 1 is 1.18 bits per heavy atom. The van der Waals surface area contributed by atoms with Crippen molar-refractivity contribution >= 4 is 0 Å². The lowest BCUT2D eigenvalue weighted by atomic mass is 10.1. The van der Waals surface area contributed by atoms with Gasteiger partial charge in [-0.1, -0.05) is 0 Å². The van der Waals surface area contributed by atoms with Crippen molar-refractivity contribution in [2.75, 3.05) is 0 Å². The molecule has 0 aliphatic carbocycles. The van der Waals surface area contributed by atoms with Crippen molar-refractivity contribution in [3.8, 4) is 0 Å². The van der Waals surface area contributed by atoms with Crippen molar-refractivity contribution in [3.05, 3.63) is 0 Å². The van der Waals surface area contributed by atoms with Crippen molar-refractivity contribution in [1.29, 1.82) is 0 Å². The minimum Gasteiger partial charge on any atom is -0.391 e. The van der Waals surface area contributed by atoms with Gasteiger partial charge in [0, 0.05) is 0 Å². The lowest BCUT2D eigenvalue weighted by molar-refractivity contribution is -0.143. The summed E-state index contributed by atoms with van der Waals surface area (Å²) in [6.45, 7) is 1.42. The molecule has 66 valence electrons. The summed E-state index contributed by atoms with van der Waals surface area (Å²) in [5, 5.41) is 35.8. The highest BCUT2D eigenvalue weighted by Crippen LogP contribution is 2.21. The van der Waals surface area contributed by atoms with E-state index in [2.05, 4.69) is 4.74 Å². The fourth-order valence-electron chi connectivity index (χ4n) is 1.08. The topological polar surface area (TPSA) is 90.2 Å². The van der Waals surface area contributed by atoms with E-state index in [0.717, 1.165) is 0 Å². The van der Waals surface area contributed by atoms with Crippen LogP contribution in [-0.4, -0.2) is 51.1 Å². The van der Waals surface area contributed by atoms with E-state index in [1.165, 1.54) is 6.92 Å². The van der Waals surface area contributed by atoms with Crippen LogP contribution in [0.3, 0.4) is 0 Å². The molecule has 0 aromatic heterocycles. The molecule has 1 aliphatic rings. The summed E-state index contributed by atoms with van der Waals surface area (Å²) in [5.74, 6) is 0. The van der Waals surface area contributed by atoms with Crippen LogP contribution in [0.1, 0.15) is 6.92 Å². The molecule has 0 amide bonds. The zero-order valence-corrected chi connectivity index (χ0v) is 6.08. The van der Waals surface area contributed by atoms with Crippen LogP contribution in [0.25, 0.3) is 0 Å². The Hall–Kier alpha value is -0.200. The summed E-state index contributed by atoms with van der Waals surface area (Å²) in [4.78, 5) is 0. The normalized spacial score (nSPS) is 47.7. The summed E-state index contributed by atoms with van der Waals surface area (Å²) < 4.78 is 4.65. The minimum atomic E-state index is -1.40. The summed E-state index contributed by atoms with van der Waals surface area (Å²) in [5.41, 5.74) is 0. The molecule has 1 rings (SSSR count). The maximum absolute atomic E-state index is 9.10. The third kappa shape index (κ3) is 1.52. The number of hydrogen-bond acceptors (Lipinski definition) is 5. The van der Waals surface area contributed by atoms with Gasteiger partial charge < -0.3 is 25.2 Å². The third-order valence-electron chi connectivity index (χ3n) is 1.75. The second-order valence-corrected chi connectivity index (χ2v) is 2.71. The number of ether oxygens (including phenoxy) is 1. The lowest BCUT2D eigenvalue weighted by Gasteiger charge is -2.16. The molecule has 0 saturated carbocycles. The number of rotatable bonds is 1. The first-order valence-electron chi connectivity index (χ1n) is 3.41. The first-order chi connectivity index (χ1) is 5.04. The Kier molecular flexibility index (Phi) is 2.46. The molecule has 5 atom stereocenters. The van der Waals surface area contributed by atoms with Gasteiger partial charge in [-0.05, 0) is 6.92 Å². The second kappa shape index (κ2) is 3.04. The van der Waals surface area contributed by atoms with Gasteiger partial charge >= 0.3 is 0 Å². The van der Waals surface area contributed by atoms with Crippen molar-refractivity contribution in [2.24, 2.45) is 0 Å². The minimum absolute atomic E-state index is 0.903. The highest BCUT2D eigenvalue weighted by molar-refractivity contribution is 4.88. The van der Waals surface area contributed by atoms with Crippen molar-refractivity contribution in [3.63, 3.8) is 0 Å². The summed E-state index contributed by atoms with van der Waals surface area (Å²) in [6, 6.07) is 0. The average molecular weight is 164 g/mol. The van der Waals surface area contributed by atoms with Crippen LogP contribution in [0, 0.1) is 0 Å². The first kappa shape index (κ1) is 8.89. The molecule has 11 heavy (non-hydrogen) atoms. The predicted octanol–water partition coefficient (Wildman–Crippen LogP) is -2.19. The van der Waals surface area contributed by atoms with Gasteiger partial charge in [0.05, 0.1) is 6.10 Å². The van der Waals surface area contributed by atoms with Crippen molar-refractivity contribution in [1.82, 2.24) is 0 Å². The molecule has 5 nitrogen and oxygen atoms in total. The molecule has 0 bridgehead atoms. The Bertz CT molecular complexity index is 137. The van der Waals surface area contributed by atoms with Crippen LogP contribution in [0.2, 0.25) is 0 Å². The van der Waals surface area contributed by atoms with E-state index in [1.54, 1.807) is 0 Å². The zero-order valence-electron chi connectivity index (χ0n) is 6.08. The molecular formula is C6H12O5. The van der Waals surface area contributed by atoms with Gasteiger partial charge in [0.15, 0.2) is 6.29 Å². The van der Waals surface area contributed by atoms with Crippen LogP contribution in [0.5, 0.6) is 0 Å². The zero-order chi connectivity index (χ0) is 8.59. The molecule has 5 unspecified atom stereocenters. The molecule has 0 aromatic rings. The first-order valence-corrected chi connectivity index (χ1v) is 3.41. The predicted molar refractivity (Wildman–Crippen MR) is 34.6 cm³/mol. The monoisotopic (exact) mass is 164 g/mol. The van der Waals surface area contributed by atoms with Crippen LogP contribution in [-0.2, 0) is 4.74 Å². The quantitative estimate of drug-likeness (QED) is 0.353. The van der Waals surface area contributed by atoms with Gasteiger partial charge in [-0.15, -0.1) is 0 Å². The Morgan fingerprint density at radius 2 is 1.73 bits per heavy atom. The van der Waals surface area contributed by atoms with Gasteiger partial charge in [-0.25, -0.2) is 0 Å². The van der Waals surface area contributed by atoms with Crippen LogP contribution < -0.4 is 0 Å². The molecule has 0 spiro atoms. The van der Waals surface area contributed by atoms with Gasteiger partial charge in [0.1, 0.15) is 18.3 Å². The van der Waals surface area contributed by atoms with Crippen LogP contribution in [0.15, 0.2) is 0 Å². The molecule has 0 radical (unpaired) electrons. The Morgan fingerprint density at radius 3 is 1.91 bits per heavy atom. The summed E-state index contributed by atoms with van der Waals surface area (Å²) in [6.07, 6.45) is -5.75. The standard InChI is InChI=1S/C6H12O5/c1-2(7)5-3(8)4(9)6(10)11-5/h2-10H,1H3. The Balaban J connectivity index is 2.59. The van der Waals surface area contributed by atoms with E-state index < -0.39 is 30.7 Å². The molecule has 1 aliphatic heterocycles. The van der Waals surface area contributed by atoms with Gasteiger partial charge in [-0.3, -0.25) is 0 Å². The molecule has 4 N–H and O–H groups in total. The third-order valence-corrected chi connectivity index (χ3v) is 1.75. The number of aliphatic hydroxyl groups excluding tert-OH is 4. The highest BCUT2D eigenvalue weighted by atomic mass is 16.6. The number of hydrogen-bond donors (Lipinski definition) is 4. The maximum atomic E-state index is 9.10. The van der Waals surface area contributed by atoms with Gasteiger partial charge in [0.2, 0.25) is 0 Å². The molecule has 1 fully saturated rings. The van der Waals surface area contributed by atoms with E-state index >= 15 is 0 Å². The number of aliphatic hydroxyl groups is 4.